The molecule has 0 unspecified atom stereocenters. The molecule has 2 amide bonds. The van der Waals surface area contributed by atoms with Crippen LogP contribution in [0.15, 0.2) is 23.7 Å². The number of ether oxygens (including phenoxy) is 1. The maximum absolute atomic E-state index is 14.8. The number of benzene rings is 1. The van der Waals surface area contributed by atoms with Gasteiger partial charge in [0, 0.05) is 33.1 Å². The van der Waals surface area contributed by atoms with E-state index < -0.39 is 12.2 Å². The van der Waals surface area contributed by atoms with Crippen molar-refractivity contribution in [1.82, 2.24) is 15.5 Å². The first kappa shape index (κ1) is 19.4. The van der Waals surface area contributed by atoms with Crippen LogP contribution in [-0.2, 0) is 9.53 Å². The predicted molar refractivity (Wildman–Crippen MR) is 107 cm³/mol. The zero-order valence-electron chi connectivity index (χ0n) is 15.9. The Labute approximate surface area is 171 Å². The minimum atomic E-state index is -0.543. The first-order valence-electron chi connectivity index (χ1n) is 9.29. The van der Waals surface area contributed by atoms with E-state index in [1.807, 2.05) is 4.90 Å². The Balaban J connectivity index is 1.39. The Morgan fingerprint density at radius 3 is 2.72 bits per heavy atom. The quantitative estimate of drug-likeness (QED) is 0.783. The second-order valence-electron chi connectivity index (χ2n) is 6.88. The van der Waals surface area contributed by atoms with Gasteiger partial charge in [-0.05, 0) is 18.2 Å². The fourth-order valence-electron chi connectivity index (χ4n) is 3.46. The number of piperazine rings is 1. The van der Waals surface area contributed by atoms with Crippen LogP contribution in [0.5, 0.6) is 0 Å². The topological polar surface area (TPSA) is 90.9 Å². The van der Waals surface area contributed by atoms with Crippen LogP contribution in [0, 0.1) is 5.82 Å². The molecule has 2 aromatic rings. The summed E-state index contributed by atoms with van der Waals surface area (Å²) in [4.78, 5) is 28.6. The van der Waals surface area contributed by atoms with Crippen molar-refractivity contribution in [3.63, 3.8) is 0 Å². The minimum Gasteiger partial charge on any atom is -0.442 e. The van der Waals surface area contributed by atoms with Gasteiger partial charge in [0.1, 0.15) is 17.4 Å². The van der Waals surface area contributed by atoms with Crippen LogP contribution < -0.4 is 20.0 Å². The summed E-state index contributed by atoms with van der Waals surface area (Å²) in [5.41, 5.74) is 2.64. The van der Waals surface area contributed by atoms with Gasteiger partial charge in [-0.25, -0.2) is 9.18 Å². The third kappa shape index (κ3) is 4.24. The van der Waals surface area contributed by atoms with E-state index >= 15 is 0 Å². The molecule has 2 aliphatic rings. The molecule has 1 atom stereocenters. The molecule has 0 spiro atoms. The van der Waals surface area contributed by atoms with E-state index in [2.05, 4.69) is 20.4 Å². The van der Waals surface area contributed by atoms with Crippen molar-refractivity contribution in [3.05, 3.63) is 29.5 Å². The first-order chi connectivity index (χ1) is 14.0. The van der Waals surface area contributed by atoms with E-state index in [0.29, 0.717) is 24.5 Å². The van der Waals surface area contributed by atoms with E-state index in [0.717, 1.165) is 18.2 Å². The highest BCUT2D eigenvalue weighted by Crippen LogP contribution is 2.29. The molecule has 1 N–H and O–H groups in total. The first-order valence-corrected chi connectivity index (χ1v) is 10.2. The lowest BCUT2D eigenvalue weighted by Crippen LogP contribution is -2.46. The van der Waals surface area contributed by atoms with Gasteiger partial charge < -0.3 is 19.9 Å². The molecule has 9 nitrogen and oxygen atoms in total. The number of nitrogens with one attached hydrogen (secondary N) is 1. The number of hydrogen-bond acceptors (Lipinski definition) is 8. The third-order valence-corrected chi connectivity index (χ3v) is 5.69. The molecular weight excluding hydrogens is 399 g/mol. The number of halogens is 1. The smallest absolute Gasteiger partial charge is 0.414 e. The molecule has 1 aromatic heterocycles. The Hall–Kier alpha value is -2.95. The van der Waals surface area contributed by atoms with Gasteiger partial charge in [-0.1, -0.05) is 11.3 Å². The highest BCUT2D eigenvalue weighted by Gasteiger charge is 2.33. The van der Waals surface area contributed by atoms with Gasteiger partial charge in [0.05, 0.1) is 24.5 Å². The van der Waals surface area contributed by atoms with Gasteiger partial charge in [-0.15, -0.1) is 10.2 Å². The lowest BCUT2D eigenvalue weighted by Gasteiger charge is -2.36. The summed E-state index contributed by atoms with van der Waals surface area (Å²) in [5.74, 6) is -0.578. The van der Waals surface area contributed by atoms with E-state index in [9.17, 15) is 14.0 Å². The summed E-state index contributed by atoms with van der Waals surface area (Å²) in [6, 6.07) is 4.77. The van der Waals surface area contributed by atoms with Crippen LogP contribution in [0.4, 0.5) is 25.7 Å². The summed E-state index contributed by atoms with van der Waals surface area (Å²) in [7, 11) is 0. The molecule has 2 saturated heterocycles. The van der Waals surface area contributed by atoms with Crippen molar-refractivity contribution in [2.24, 2.45) is 0 Å². The number of carbonyl (C=O) groups is 2. The molecule has 29 heavy (non-hydrogen) atoms. The van der Waals surface area contributed by atoms with E-state index in [-0.39, 0.29) is 24.8 Å². The van der Waals surface area contributed by atoms with Crippen LogP contribution in [0.1, 0.15) is 6.92 Å². The SMILES string of the molecule is CC(=O)NC[C@H]1CN(c2ccc(N3CCN(c4nncs4)CC3)c(F)c2)C(=O)O1. The van der Waals surface area contributed by atoms with Crippen LogP contribution in [0.25, 0.3) is 0 Å². The van der Waals surface area contributed by atoms with Gasteiger partial charge >= 0.3 is 6.09 Å². The fourth-order valence-corrected chi connectivity index (χ4v) is 4.07. The average Bonchev–Trinajstić information content (AvgIpc) is 3.36. The molecule has 2 fully saturated rings. The molecule has 0 saturated carbocycles. The maximum atomic E-state index is 14.8. The Bertz CT molecular complexity index is 888. The van der Waals surface area contributed by atoms with Gasteiger partial charge in [0.2, 0.25) is 11.0 Å². The Morgan fingerprint density at radius 2 is 2.07 bits per heavy atom. The van der Waals surface area contributed by atoms with E-state index in [1.54, 1.807) is 17.6 Å². The van der Waals surface area contributed by atoms with Crippen molar-refractivity contribution in [3.8, 4) is 0 Å². The summed E-state index contributed by atoms with van der Waals surface area (Å²) in [6.45, 7) is 4.70. The van der Waals surface area contributed by atoms with Gasteiger partial charge in [-0.2, -0.15) is 0 Å². The molecule has 154 valence electrons. The van der Waals surface area contributed by atoms with E-state index in [1.165, 1.54) is 29.2 Å². The van der Waals surface area contributed by atoms with Gasteiger partial charge in [0.25, 0.3) is 0 Å². The standard InChI is InChI=1S/C18H21FN6O3S/c1-12(26)20-9-14-10-25(18(27)28-14)13-2-3-16(15(19)8-13)23-4-6-24(7-5-23)17-22-21-11-29-17/h2-3,8,11,14H,4-7,9-10H2,1H3,(H,20,26)/t14-/m0/s1. The molecule has 11 heteroatoms. The lowest BCUT2D eigenvalue weighted by atomic mass is 10.2. The van der Waals surface area contributed by atoms with Gasteiger partial charge in [0.15, 0.2) is 0 Å². The number of hydrogen-bond donors (Lipinski definition) is 1. The number of aromatic nitrogens is 2. The maximum Gasteiger partial charge on any atom is 0.414 e. The van der Waals surface area contributed by atoms with Crippen LogP contribution >= 0.6 is 11.3 Å². The summed E-state index contributed by atoms with van der Waals surface area (Å²) < 4.78 is 20.1. The molecule has 2 aliphatic heterocycles. The lowest BCUT2D eigenvalue weighted by molar-refractivity contribution is -0.119. The molecule has 3 heterocycles. The monoisotopic (exact) mass is 420 g/mol. The van der Waals surface area contributed by atoms with Crippen LogP contribution in [0.3, 0.4) is 0 Å². The molecular formula is C18H21FN6O3S. The van der Waals surface area contributed by atoms with E-state index in [4.69, 9.17) is 4.74 Å². The minimum absolute atomic E-state index is 0.193. The highest BCUT2D eigenvalue weighted by atomic mass is 32.1. The molecule has 0 bridgehead atoms. The number of carbonyl (C=O) groups excluding carboxylic acids is 2. The van der Waals surface area contributed by atoms with Crippen molar-refractivity contribution in [1.29, 1.82) is 0 Å². The van der Waals surface area contributed by atoms with Gasteiger partial charge in [-0.3, -0.25) is 9.69 Å². The Kier molecular flexibility index (Phi) is 5.47. The normalized spacial score (nSPS) is 19.4. The van der Waals surface area contributed by atoms with Crippen LogP contribution in [0.2, 0.25) is 0 Å². The zero-order chi connectivity index (χ0) is 20.4. The summed E-state index contributed by atoms with van der Waals surface area (Å²) >= 11 is 1.49. The third-order valence-electron chi connectivity index (χ3n) is 4.94. The fraction of sp³-hybridized carbons (Fsp3) is 0.444. The Morgan fingerprint density at radius 1 is 1.31 bits per heavy atom. The highest BCUT2D eigenvalue weighted by molar-refractivity contribution is 7.13. The number of rotatable bonds is 5. The molecule has 0 aliphatic carbocycles. The van der Waals surface area contributed by atoms with Crippen molar-refractivity contribution < 1.29 is 18.7 Å². The average molecular weight is 420 g/mol. The predicted octanol–water partition coefficient (Wildman–Crippen LogP) is 1.47. The van der Waals surface area contributed by atoms with Crippen LogP contribution in [-0.4, -0.2) is 67.6 Å². The van der Waals surface area contributed by atoms with Crippen molar-refractivity contribution >= 4 is 39.8 Å². The largest absolute Gasteiger partial charge is 0.442 e. The molecule has 1 aromatic carbocycles. The zero-order valence-corrected chi connectivity index (χ0v) is 16.7. The number of anilines is 3. The second kappa shape index (κ2) is 8.19. The number of amides is 2. The summed E-state index contributed by atoms with van der Waals surface area (Å²) in [6.07, 6.45) is -0.999. The van der Waals surface area contributed by atoms with Crippen molar-refractivity contribution in [2.75, 3.05) is 54.0 Å². The number of nitrogens with zero attached hydrogens (tertiary/aromatic N) is 5. The molecule has 0 radical (unpaired) electrons. The van der Waals surface area contributed by atoms with Crippen molar-refractivity contribution in [2.45, 2.75) is 13.0 Å². The molecule has 4 rings (SSSR count). The second-order valence-corrected chi connectivity index (χ2v) is 7.70. The number of cyclic esters (lactones) is 1. The summed E-state index contributed by atoms with van der Waals surface area (Å²) in [5, 5.41) is 11.4.